The highest BCUT2D eigenvalue weighted by Crippen LogP contribution is 2.13. The highest BCUT2D eigenvalue weighted by molar-refractivity contribution is 5.87. The summed E-state index contributed by atoms with van der Waals surface area (Å²) in [6, 6.07) is 16.7. The Bertz CT molecular complexity index is 876. The molecule has 0 bridgehead atoms. The molecule has 8 nitrogen and oxygen atoms in total. The SMILES string of the molecule is CCO.COc1cccc(COC[C@H](N)CCCC(=O)NC(C(=O)NCc2ccccc2)C(C)C)c1. The number of carbonyl (C=O) groups excluding carboxylic acids is 2. The number of nitrogens with one attached hydrogen (secondary N) is 2. The van der Waals surface area contributed by atoms with Crippen LogP contribution in [0.25, 0.3) is 0 Å². The zero-order chi connectivity index (χ0) is 26.8. The summed E-state index contributed by atoms with van der Waals surface area (Å²) in [7, 11) is 1.63. The van der Waals surface area contributed by atoms with E-state index in [1.807, 2.05) is 68.4 Å². The fourth-order valence-corrected chi connectivity index (χ4v) is 3.37. The lowest BCUT2D eigenvalue weighted by atomic mass is 10.0. The number of amides is 2. The van der Waals surface area contributed by atoms with Crippen molar-refractivity contribution < 1.29 is 24.2 Å². The van der Waals surface area contributed by atoms with Gasteiger partial charge in [-0.15, -0.1) is 0 Å². The molecule has 0 spiro atoms. The molecule has 0 saturated carbocycles. The largest absolute Gasteiger partial charge is 0.497 e. The van der Waals surface area contributed by atoms with Gasteiger partial charge in [0.05, 0.1) is 20.3 Å². The summed E-state index contributed by atoms with van der Waals surface area (Å²) in [4.78, 5) is 25.0. The van der Waals surface area contributed by atoms with Gasteiger partial charge < -0.3 is 30.9 Å². The molecule has 0 aliphatic heterocycles. The van der Waals surface area contributed by atoms with E-state index in [9.17, 15) is 9.59 Å². The Kier molecular flexibility index (Phi) is 15.8. The number of nitrogens with two attached hydrogens (primary N) is 1. The highest BCUT2D eigenvalue weighted by Gasteiger charge is 2.23. The van der Waals surface area contributed by atoms with E-state index in [2.05, 4.69) is 10.6 Å². The first-order valence-corrected chi connectivity index (χ1v) is 12.5. The summed E-state index contributed by atoms with van der Waals surface area (Å²) < 4.78 is 10.9. The van der Waals surface area contributed by atoms with Crippen LogP contribution in [-0.2, 0) is 27.5 Å². The number of methoxy groups -OCH3 is 1. The molecular formula is C28H43N3O5. The summed E-state index contributed by atoms with van der Waals surface area (Å²) >= 11 is 0. The molecule has 2 aromatic carbocycles. The number of rotatable bonds is 14. The van der Waals surface area contributed by atoms with Crippen molar-refractivity contribution in [3.63, 3.8) is 0 Å². The van der Waals surface area contributed by atoms with Crippen LogP contribution in [0.2, 0.25) is 0 Å². The molecule has 0 fully saturated rings. The van der Waals surface area contributed by atoms with E-state index < -0.39 is 6.04 Å². The Morgan fingerprint density at radius 2 is 1.72 bits per heavy atom. The Hall–Kier alpha value is -2.94. The van der Waals surface area contributed by atoms with Crippen LogP contribution in [0, 0.1) is 5.92 Å². The second-order valence-electron chi connectivity index (χ2n) is 8.83. The summed E-state index contributed by atoms with van der Waals surface area (Å²) in [5.41, 5.74) is 8.16. The third-order valence-corrected chi connectivity index (χ3v) is 5.29. The van der Waals surface area contributed by atoms with E-state index in [1.54, 1.807) is 14.0 Å². The van der Waals surface area contributed by atoms with Gasteiger partial charge in [0.1, 0.15) is 11.8 Å². The number of carbonyl (C=O) groups is 2. The van der Waals surface area contributed by atoms with Crippen molar-refractivity contribution in [2.75, 3.05) is 20.3 Å². The molecule has 1 unspecified atom stereocenters. The predicted molar refractivity (Wildman–Crippen MR) is 142 cm³/mol. The van der Waals surface area contributed by atoms with E-state index in [0.29, 0.717) is 39.0 Å². The van der Waals surface area contributed by atoms with Crippen molar-refractivity contribution in [2.24, 2.45) is 11.7 Å². The van der Waals surface area contributed by atoms with Gasteiger partial charge in [-0.2, -0.15) is 0 Å². The van der Waals surface area contributed by atoms with Crippen molar-refractivity contribution in [1.29, 1.82) is 0 Å². The average Bonchev–Trinajstić information content (AvgIpc) is 2.87. The van der Waals surface area contributed by atoms with Crippen LogP contribution < -0.4 is 21.1 Å². The normalized spacial score (nSPS) is 12.2. The quantitative estimate of drug-likeness (QED) is 0.315. The van der Waals surface area contributed by atoms with Gasteiger partial charge in [-0.25, -0.2) is 0 Å². The predicted octanol–water partition coefficient (Wildman–Crippen LogP) is 3.17. The second-order valence-corrected chi connectivity index (χ2v) is 8.83. The van der Waals surface area contributed by atoms with Crippen molar-refractivity contribution >= 4 is 11.8 Å². The van der Waals surface area contributed by atoms with Crippen LogP contribution in [0.15, 0.2) is 54.6 Å². The Balaban J connectivity index is 0.00000205. The van der Waals surface area contributed by atoms with Crippen molar-refractivity contribution in [3.05, 3.63) is 65.7 Å². The third kappa shape index (κ3) is 13.2. The molecule has 2 amide bonds. The lowest BCUT2D eigenvalue weighted by Crippen LogP contribution is -2.49. The van der Waals surface area contributed by atoms with E-state index in [1.165, 1.54) is 0 Å². The Morgan fingerprint density at radius 1 is 1.06 bits per heavy atom. The zero-order valence-corrected chi connectivity index (χ0v) is 22.0. The van der Waals surface area contributed by atoms with Crippen molar-refractivity contribution in [2.45, 2.75) is 65.3 Å². The summed E-state index contributed by atoms with van der Waals surface area (Å²) in [5, 5.41) is 13.3. The fraction of sp³-hybridized carbons (Fsp3) is 0.500. The van der Waals surface area contributed by atoms with Crippen LogP contribution in [0.4, 0.5) is 0 Å². The number of ether oxygens (including phenoxy) is 2. The molecule has 0 aliphatic carbocycles. The number of hydrogen-bond donors (Lipinski definition) is 4. The third-order valence-electron chi connectivity index (χ3n) is 5.29. The lowest BCUT2D eigenvalue weighted by molar-refractivity contribution is -0.130. The van der Waals surface area contributed by atoms with Gasteiger partial charge >= 0.3 is 0 Å². The standard InChI is InChI=1S/C26H37N3O4.C2H6O/c1-19(2)25(26(31)28-16-20-9-5-4-6-10-20)29-24(30)14-8-12-22(27)18-33-17-21-11-7-13-23(15-21)32-3;1-2-3/h4-7,9-11,13,15,19,22,25H,8,12,14,16-18,27H2,1-3H3,(H,28,31)(H,29,30);3H,2H2,1H3/t22-,25?;/m1./s1. The maximum absolute atomic E-state index is 12.6. The van der Waals surface area contributed by atoms with Crippen LogP contribution in [0.1, 0.15) is 51.2 Å². The van der Waals surface area contributed by atoms with E-state index in [0.717, 1.165) is 16.9 Å². The summed E-state index contributed by atoms with van der Waals surface area (Å²) in [6.07, 6.45) is 1.61. The molecule has 200 valence electrons. The maximum Gasteiger partial charge on any atom is 0.243 e. The molecule has 0 aromatic heterocycles. The molecule has 0 aliphatic rings. The molecule has 36 heavy (non-hydrogen) atoms. The van der Waals surface area contributed by atoms with Crippen molar-refractivity contribution in [3.8, 4) is 5.75 Å². The number of hydrogen-bond acceptors (Lipinski definition) is 6. The number of benzene rings is 2. The fourth-order valence-electron chi connectivity index (χ4n) is 3.37. The molecule has 8 heteroatoms. The zero-order valence-electron chi connectivity index (χ0n) is 22.0. The summed E-state index contributed by atoms with van der Waals surface area (Å²) in [5.74, 6) is 0.453. The van der Waals surface area contributed by atoms with Crippen molar-refractivity contribution in [1.82, 2.24) is 10.6 Å². The van der Waals surface area contributed by atoms with E-state index in [4.69, 9.17) is 20.3 Å². The highest BCUT2D eigenvalue weighted by atomic mass is 16.5. The summed E-state index contributed by atoms with van der Waals surface area (Å²) in [6.45, 7) is 7.07. The van der Waals surface area contributed by atoms with Crippen LogP contribution in [-0.4, -0.2) is 49.3 Å². The molecule has 2 aromatic rings. The minimum Gasteiger partial charge on any atom is -0.497 e. The first-order chi connectivity index (χ1) is 17.3. The minimum absolute atomic E-state index is 0.0167. The van der Waals surface area contributed by atoms with Gasteiger partial charge in [0.25, 0.3) is 0 Å². The van der Waals surface area contributed by atoms with Gasteiger partial charge in [0.2, 0.25) is 11.8 Å². The van der Waals surface area contributed by atoms with Gasteiger partial charge in [0, 0.05) is 25.6 Å². The van der Waals surface area contributed by atoms with Crippen LogP contribution >= 0.6 is 0 Å². The van der Waals surface area contributed by atoms with Crippen LogP contribution in [0.5, 0.6) is 5.75 Å². The minimum atomic E-state index is -0.568. The first-order valence-electron chi connectivity index (χ1n) is 12.5. The molecule has 0 heterocycles. The first kappa shape index (κ1) is 31.1. The molecule has 0 saturated heterocycles. The monoisotopic (exact) mass is 501 g/mol. The van der Waals surface area contributed by atoms with E-state index in [-0.39, 0.29) is 30.4 Å². The number of aliphatic hydroxyl groups is 1. The Labute approximate surface area is 215 Å². The van der Waals surface area contributed by atoms with Gasteiger partial charge in [0.15, 0.2) is 0 Å². The molecule has 2 atom stereocenters. The topological polar surface area (TPSA) is 123 Å². The van der Waals surface area contributed by atoms with Crippen LogP contribution in [0.3, 0.4) is 0 Å². The Morgan fingerprint density at radius 3 is 2.36 bits per heavy atom. The van der Waals surface area contributed by atoms with Gasteiger partial charge in [-0.3, -0.25) is 9.59 Å². The molecule has 0 radical (unpaired) electrons. The van der Waals surface area contributed by atoms with Gasteiger partial charge in [-0.05, 0) is 48.9 Å². The lowest BCUT2D eigenvalue weighted by Gasteiger charge is -2.22. The molecule has 2 rings (SSSR count). The average molecular weight is 502 g/mol. The van der Waals surface area contributed by atoms with Gasteiger partial charge in [-0.1, -0.05) is 56.3 Å². The maximum atomic E-state index is 12.6. The second kappa shape index (κ2) is 18.3. The smallest absolute Gasteiger partial charge is 0.243 e. The van der Waals surface area contributed by atoms with E-state index >= 15 is 0 Å². The molecule has 5 N–H and O–H groups in total. The number of aliphatic hydroxyl groups excluding tert-OH is 1. The molecular weight excluding hydrogens is 458 g/mol.